The van der Waals surface area contributed by atoms with E-state index in [1.54, 1.807) is 6.20 Å². The molecule has 16 heavy (non-hydrogen) atoms. The molecule has 2 heterocycles. The van der Waals surface area contributed by atoms with Gasteiger partial charge in [0.05, 0.1) is 10.7 Å². The fourth-order valence-corrected chi connectivity index (χ4v) is 1.58. The first-order valence-electron chi connectivity index (χ1n) is 5.17. The Kier molecular flexibility index (Phi) is 3.47. The van der Waals surface area contributed by atoms with E-state index in [2.05, 4.69) is 27.9 Å². The molecule has 0 aliphatic rings. The van der Waals surface area contributed by atoms with Crippen LogP contribution in [0.3, 0.4) is 0 Å². The third-order valence-electron chi connectivity index (χ3n) is 2.39. The van der Waals surface area contributed by atoms with Crippen molar-refractivity contribution in [3.63, 3.8) is 0 Å². The second-order valence-corrected chi connectivity index (χ2v) is 3.91. The predicted molar refractivity (Wildman–Crippen MR) is 63.5 cm³/mol. The minimum atomic E-state index is 0.587. The van der Waals surface area contributed by atoms with Crippen LogP contribution in [0.4, 0.5) is 0 Å². The molecule has 0 fully saturated rings. The zero-order valence-corrected chi connectivity index (χ0v) is 9.78. The fourth-order valence-electron chi connectivity index (χ4n) is 1.41. The van der Waals surface area contributed by atoms with E-state index < -0.39 is 0 Å². The van der Waals surface area contributed by atoms with Crippen LogP contribution in [0.1, 0.15) is 23.9 Å². The Morgan fingerprint density at radius 2 is 2.06 bits per heavy atom. The van der Waals surface area contributed by atoms with Gasteiger partial charge in [0.2, 0.25) is 0 Å². The summed E-state index contributed by atoms with van der Waals surface area (Å²) in [6.07, 6.45) is 6.64. The maximum atomic E-state index is 5.98. The lowest BCUT2D eigenvalue weighted by Gasteiger charge is -2.02. The molecule has 0 amide bonds. The van der Waals surface area contributed by atoms with Gasteiger partial charge in [-0.1, -0.05) is 24.6 Å². The van der Waals surface area contributed by atoms with Gasteiger partial charge in [0.15, 0.2) is 0 Å². The molecular formula is C12H12ClN3. The summed E-state index contributed by atoms with van der Waals surface area (Å²) in [6, 6.07) is 4.09. The van der Waals surface area contributed by atoms with Crippen LogP contribution >= 0.6 is 11.6 Å². The van der Waals surface area contributed by atoms with Gasteiger partial charge < -0.3 is 0 Å². The van der Waals surface area contributed by atoms with Gasteiger partial charge in [-0.15, -0.1) is 0 Å². The molecule has 0 saturated carbocycles. The first-order valence-corrected chi connectivity index (χ1v) is 5.55. The Morgan fingerprint density at radius 3 is 2.69 bits per heavy atom. The minimum absolute atomic E-state index is 0.587. The highest BCUT2D eigenvalue weighted by Crippen LogP contribution is 2.14. The smallest absolute Gasteiger partial charge is 0.115 e. The SMILES string of the molecule is CCc1ccc(Cc2ncncc2Cl)nc1. The van der Waals surface area contributed by atoms with Crippen molar-refractivity contribution in [1.82, 2.24) is 15.0 Å². The molecule has 0 aliphatic heterocycles. The molecule has 0 saturated heterocycles. The number of hydrogen-bond donors (Lipinski definition) is 0. The molecule has 0 aromatic carbocycles. The highest BCUT2D eigenvalue weighted by molar-refractivity contribution is 6.31. The van der Waals surface area contributed by atoms with E-state index in [-0.39, 0.29) is 0 Å². The number of aromatic nitrogens is 3. The van der Waals surface area contributed by atoms with Crippen molar-refractivity contribution in [2.24, 2.45) is 0 Å². The lowest BCUT2D eigenvalue weighted by Crippen LogP contribution is -1.97. The van der Waals surface area contributed by atoms with E-state index in [0.717, 1.165) is 17.8 Å². The number of hydrogen-bond acceptors (Lipinski definition) is 3. The van der Waals surface area contributed by atoms with Crippen LogP contribution in [0.5, 0.6) is 0 Å². The highest BCUT2D eigenvalue weighted by Gasteiger charge is 2.03. The van der Waals surface area contributed by atoms with Gasteiger partial charge in [-0.3, -0.25) is 4.98 Å². The highest BCUT2D eigenvalue weighted by atomic mass is 35.5. The standard InChI is InChI=1S/C12H12ClN3/c1-2-9-3-4-10(15-6-9)5-12-11(13)7-14-8-16-12/h3-4,6-8H,2,5H2,1H3. The topological polar surface area (TPSA) is 38.7 Å². The van der Waals surface area contributed by atoms with E-state index in [0.29, 0.717) is 11.4 Å². The number of rotatable bonds is 3. The van der Waals surface area contributed by atoms with Gasteiger partial charge in [-0.25, -0.2) is 9.97 Å². The lowest BCUT2D eigenvalue weighted by atomic mass is 10.1. The van der Waals surface area contributed by atoms with Crippen molar-refractivity contribution in [2.75, 3.05) is 0 Å². The second-order valence-electron chi connectivity index (χ2n) is 3.51. The van der Waals surface area contributed by atoms with Gasteiger partial charge in [-0.2, -0.15) is 0 Å². The number of nitrogens with zero attached hydrogens (tertiary/aromatic N) is 3. The molecule has 0 radical (unpaired) electrons. The summed E-state index contributed by atoms with van der Waals surface area (Å²) in [7, 11) is 0. The minimum Gasteiger partial charge on any atom is -0.261 e. The summed E-state index contributed by atoms with van der Waals surface area (Å²) in [5.74, 6) is 0. The van der Waals surface area contributed by atoms with Crippen LogP contribution in [0.25, 0.3) is 0 Å². The molecule has 2 rings (SSSR count). The number of pyridine rings is 1. The van der Waals surface area contributed by atoms with E-state index >= 15 is 0 Å². The molecule has 4 heteroatoms. The quantitative estimate of drug-likeness (QED) is 0.818. The van der Waals surface area contributed by atoms with Crippen molar-refractivity contribution in [3.05, 3.63) is 52.8 Å². The average molecular weight is 234 g/mol. The summed E-state index contributed by atoms with van der Waals surface area (Å²) in [5.41, 5.74) is 3.02. The van der Waals surface area contributed by atoms with E-state index in [4.69, 9.17) is 11.6 Å². The normalized spacial score (nSPS) is 10.4. The molecule has 0 bridgehead atoms. The summed E-state index contributed by atoms with van der Waals surface area (Å²) < 4.78 is 0. The van der Waals surface area contributed by atoms with E-state index in [9.17, 15) is 0 Å². The van der Waals surface area contributed by atoms with Gasteiger partial charge in [0.25, 0.3) is 0 Å². The monoisotopic (exact) mass is 233 g/mol. The van der Waals surface area contributed by atoms with Crippen molar-refractivity contribution >= 4 is 11.6 Å². The first-order chi connectivity index (χ1) is 7.79. The first kappa shape index (κ1) is 11.0. The second kappa shape index (κ2) is 5.03. The number of halogens is 1. The molecule has 0 N–H and O–H groups in total. The number of aryl methyl sites for hydroxylation is 1. The Morgan fingerprint density at radius 1 is 1.19 bits per heavy atom. The largest absolute Gasteiger partial charge is 0.261 e. The van der Waals surface area contributed by atoms with Crippen LogP contribution in [-0.4, -0.2) is 15.0 Å². The molecule has 0 atom stereocenters. The fraction of sp³-hybridized carbons (Fsp3) is 0.250. The Bertz CT molecular complexity index is 468. The van der Waals surface area contributed by atoms with Crippen molar-refractivity contribution in [1.29, 1.82) is 0 Å². The molecular weight excluding hydrogens is 222 g/mol. The van der Waals surface area contributed by atoms with Crippen LogP contribution in [0.2, 0.25) is 5.02 Å². The van der Waals surface area contributed by atoms with Crippen LogP contribution in [0.15, 0.2) is 30.9 Å². The Balaban J connectivity index is 2.18. The summed E-state index contributed by atoms with van der Waals surface area (Å²) in [5, 5.41) is 0.587. The predicted octanol–water partition coefficient (Wildman–Crippen LogP) is 2.68. The van der Waals surface area contributed by atoms with Crippen molar-refractivity contribution in [2.45, 2.75) is 19.8 Å². The molecule has 2 aromatic rings. The zero-order chi connectivity index (χ0) is 11.4. The van der Waals surface area contributed by atoms with Gasteiger partial charge >= 0.3 is 0 Å². The molecule has 3 nitrogen and oxygen atoms in total. The Hall–Kier alpha value is -1.48. The van der Waals surface area contributed by atoms with Gasteiger partial charge in [-0.05, 0) is 18.1 Å². The zero-order valence-electron chi connectivity index (χ0n) is 9.02. The molecule has 82 valence electrons. The average Bonchev–Trinajstić information content (AvgIpc) is 2.33. The van der Waals surface area contributed by atoms with Crippen LogP contribution in [0, 0.1) is 0 Å². The Labute approximate surface area is 99.5 Å². The molecule has 2 aromatic heterocycles. The van der Waals surface area contributed by atoms with Gasteiger partial charge in [0.1, 0.15) is 6.33 Å². The third-order valence-corrected chi connectivity index (χ3v) is 2.70. The maximum Gasteiger partial charge on any atom is 0.115 e. The van der Waals surface area contributed by atoms with Crippen molar-refractivity contribution in [3.8, 4) is 0 Å². The third kappa shape index (κ3) is 2.55. The van der Waals surface area contributed by atoms with Crippen molar-refractivity contribution < 1.29 is 0 Å². The molecule has 0 aliphatic carbocycles. The van der Waals surface area contributed by atoms with Crippen LogP contribution in [-0.2, 0) is 12.8 Å². The summed E-state index contributed by atoms with van der Waals surface area (Å²) in [4.78, 5) is 12.4. The van der Waals surface area contributed by atoms with E-state index in [1.807, 2.05) is 12.3 Å². The van der Waals surface area contributed by atoms with E-state index in [1.165, 1.54) is 11.9 Å². The summed E-state index contributed by atoms with van der Waals surface area (Å²) in [6.45, 7) is 2.11. The lowest BCUT2D eigenvalue weighted by molar-refractivity contribution is 0.973. The molecule has 0 spiro atoms. The molecule has 0 unspecified atom stereocenters. The summed E-state index contributed by atoms with van der Waals surface area (Å²) >= 11 is 5.98. The maximum absolute atomic E-state index is 5.98. The van der Waals surface area contributed by atoms with Crippen LogP contribution < -0.4 is 0 Å². The van der Waals surface area contributed by atoms with Gasteiger partial charge in [0, 0.05) is 24.5 Å².